The van der Waals surface area contributed by atoms with Crippen LogP contribution in [-0.4, -0.2) is 54.6 Å². The highest BCUT2D eigenvalue weighted by Gasteiger charge is 2.23. The number of nitrogens with zero attached hydrogens (tertiary/aromatic N) is 1. The Morgan fingerprint density at radius 3 is 1.83 bits per heavy atom. The molecule has 3 aliphatic rings. The monoisotopic (exact) mass is 329 g/mol. The summed E-state index contributed by atoms with van der Waals surface area (Å²) in [7, 11) is 1.78. The van der Waals surface area contributed by atoms with Gasteiger partial charge in [-0.2, -0.15) is 0 Å². The number of hydrazine groups is 1. The lowest BCUT2D eigenvalue weighted by Gasteiger charge is -2.34. The summed E-state index contributed by atoms with van der Waals surface area (Å²) in [5.41, 5.74) is 0. The van der Waals surface area contributed by atoms with Crippen molar-refractivity contribution in [2.75, 3.05) is 20.2 Å². The van der Waals surface area contributed by atoms with Crippen LogP contribution >= 0.6 is 0 Å². The van der Waals surface area contributed by atoms with E-state index in [0.29, 0.717) is 18.2 Å². The molecule has 0 bridgehead atoms. The average Bonchev–Trinajstić information content (AvgIpc) is 2.53. The molecule has 23 heavy (non-hydrogen) atoms. The van der Waals surface area contributed by atoms with Crippen LogP contribution in [0.4, 0.5) is 0 Å². The van der Waals surface area contributed by atoms with E-state index >= 15 is 0 Å². The first-order valence-corrected chi connectivity index (χ1v) is 9.64. The molecule has 0 amide bonds. The summed E-state index contributed by atoms with van der Waals surface area (Å²) in [6, 6.07) is 1.27. The number of nitrogens with two attached hydrogens (primary N) is 1. The third kappa shape index (κ3) is 8.45. The van der Waals surface area contributed by atoms with Gasteiger partial charge in [-0.25, -0.2) is 5.01 Å². The summed E-state index contributed by atoms with van der Waals surface area (Å²) in [4.78, 5) is 0. The van der Waals surface area contributed by atoms with Gasteiger partial charge in [0.25, 0.3) is 0 Å². The third-order valence-corrected chi connectivity index (χ3v) is 5.08. The van der Waals surface area contributed by atoms with E-state index < -0.39 is 0 Å². The Hall–Kier alpha value is -0.200. The minimum Gasteiger partial charge on any atom is -0.393 e. The zero-order valence-corrected chi connectivity index (χ0v) is 15.5. The van der Waals surface area contributed by atoms with E-state index in [0.717, 1.165) is 51.6 Å². The molecule has 4 N–H and O–H groups in total. The van der Waals surface area contributed by atoms with Crippen LogP contribution in [0, 0.1) is 0 Å². The van der Waals surface area contributed by atoms with Crippen LogP contribution in [-0.2, 0) is 4.74 Å². The van der Waals surface area contributed by atoms with Crippen LogP contribution < -0.4 is 11.2 Å². The maximum atomic E-state index is 9.42. The number of aliphatic hydroxyl groups excluding tert-OH is 1. The quantitative estimate of drug-likeness (QED) is 0.694. The molecule has 5 heteroatoms. The number of ether oxygens (including phenoxy) is 1. The molecule has 0 radical (unpaired) electrons. The van der Waals surface area contributed by atoms with Crippen molar-refractivity contribution in [1.29, 1.82) is 0 Å². The molecule has 2 aliphatic carbocycles. The first-order valence-electron chi connectivity index (χ1n) is 9.64. The molecule has 1 saturated heterocycles. The molecule has 138 valence electrons. The van der Waals surface area contributed by atoms with Crippen molar-refractivity contribution in [3.8, 4) is 0 Å². The van der Waals surface area contributed by atoms with Gasteiger partial charge in [0.15, 0.2) is 0 Å². The lowest BCUT2D eigenvalue weighted by molar-refractivity contribution is 0.0412. The zero-order valence-electron chi connectivity index (χ0n) is 15.5. The number of piperidine rings is 1. The molecular formula is C18H39N3O2. The average molecular weight is 330 g/mol. The van der Waals surface area contributed by atoms with Crippen molar-refractivity contribution < 1.29 is 9.84 Å². The van der Waals surface area contributed by atoms with E-state index in [1.54, 1.807) is 7.11 Å². The fourth-order valence-corrected chi connectivity index (χ4v) is 3.25. The number of hydrogen-bond donors (Lipinski definition) is 3. The number of aliphatic hydroxyl groups is 1. The van der Waals surface area contributed by atoms with Gasteiger partial charge >= 0.3 is 0 Å². The first-order chi connectivity index (χ1) is 11.2. The Labute approximate surface area is 142 Å². The van der Waals surface area contributed by atoms with E-state index in [2.05, 4.69) is 5.32 Å². The molecule has 5 nitrogen and oxygen atoms in total. The SMILES string of the molecule is CC.COC1CCC1.NN1CCC(NC2CCC(O)CC2)CC1. The largest absolute Gasteiger partial charge is 0.393 e. The molecule has 0 atom stereocenters. The van der Waals surface area contributed by atoms with E-state index in [1.807, 2.05) is 18.9 Å². The second kappa shape index (κ2) is 12.2. The first kappa shape index (κ1) is 20.8. The summed E-state index contributed by atoms with van der Waals surface area (Å²) in [5, 5.41) is 15.0. The maximum absolute atomic E-state index is 9.42. The van der Waals surface area contributed by atoms with Gasteiger partial charge in [0, 0.05) is 32.3 Å². The van der Waals surface area contributed by atoms with Crippen LogP contribution in [0.5, 0.6) is 0 Å². The van der Waals surface area contributed by atoms with Gasteiger partial charge < -0.3 is 15.2 Å². The smallest absolute Gasteiger partial charge is 0.0571 e. The van der Waals surface area contributed by atoms with Crippen molar-refractivity contribution in [1.82, 2.24) is 10.3 Å². The van der Waals surface area contributed by atoms with Gasteiger partial charge in [-0.1, -0.05) is 13.8 Å². The van der Waals surface area contributed by atoms with Crippen molar-refractivity contribution in [2.45, 2.75) is 95.9 Å². The van der Waals surface area contributed by atoms with Crippen molar-refractivity contribution in [3.05, 3.63) is 0 Å². The lowest BCUT2D eigenvalue weighted by atomic mass is 9.91. The highest BCUT2D eigenvalue weighted by atomic mass is 16.5. The minimum atomic E-state index is -0.0473. The molecule has 1 aliphatic heterocycles. The normalized spacial score (nSPS) is 29.6. The van der Waals surface area contributed by atoms with Crippen LogP contribution in [0.25, 0.3) is 0 Å². The van der Waals surface area contributed by atoms with E-state index in [-0.39, 0.29) is 6.10 Å². The summed E-state index contributed by atoms with van der Waals surface area (Å²) < 4.78 is 4.99. The topological polar surface area (TPSA) is 70.8 Å². The Kier molecular flexibility index (Phi) is 11.1. The van der Waals surface area contributed by atoms with Crippen LogP contribution in [0.15, 0.2) is 0 Å². The molecule has 3 rings (SSSR count). The molecule has 0 aromatic rings. The number of rotatable bonds is 3. The number of hydrogen-bond acceptors (Lipinski definition) is 5. The van der Waals surface area contributed by atoms with Gasteiger partial charge in [-0.05, 0) is 57.8 Å². The summed E-state index contributed by atoms with van der Waals surface area (Å²) in [6.45, 7) is 6.01. The molecule has 2 saturated carbocycles. The molecule has 3 fully saturated rings. The van der Waals surface area contributed by atoms with Crippen LogP contribution in [0.2, 0.25) is 0 Å². The van der Waals surface area contributed by atoms with Crippen molar-refractivity contribution >= 4 is 0 Å². The summed E-state index contributed by atoms with van der Waals surface area (Å²) in [6.07, 6.45) is 11.0. The molecular weight excluding hydrogens is 290 g/mol. The fourth-order valence-electron chi connectivity index (χ4n) is 3.25. The summed E-state index contributed by atoms with van der Waals surface area (Å²) >= 11 is 0. The van der Waals surface area contributed by atoms with Crippen LogP contribution in [0.1, 0.15) is 71.6 Å². The van der Waals surface area contributed by atoms with Gasteiger partial charge in [-0.15, -0.1) is 0 Å². The Balaban J connectivity index is 0.000000276. The van der Waals surface area contributed by atoms with Gasteiger partial charge in [0.2, 0.25) is 0 Å². The Morgan fingerprint density at radius 2 is 1.43 bits per heavy atom. The second-order valence-corrected chi connectivity index (χ2v) is 6.77. The molecule has 0 spiro atoms. The predicted octanol–water partition coefficient (Wildman–Crippen LogP) is 2.43. The van der Waals surface area contributed by atoms with Crippen LogP contribution in [0.3, 0.4) is 0 Å². The van der Waals surface area contributed by atoms with E-state index in [4.69, 9.17) is 10.6 Å². The Bertz CT molecular complexity index is 249. The van der Waals surface area contributed by atoms with Gasteiger partial charge in [-0.3, -0.25) is 5.84 Å². The van der Waals surface area contributed by atoms with Gasteiger partial charge in [0.05, 0.1) is 12.2 Å². The molecule has 0 aromatic heterocycles. The summed E-state index contributed by atoms with van der Waals surface area (Å²) in [5.74, 6) is 5.72. The highest BCUT2D eigenvalue weighted by molar-refractivity contribution is 4.82. The third-order valence-electron chi connectivity index (χ3n) is 5.08. The van der Waals surface area contributed by atoms with Crippen molar-refractivity contribution in [3.63, 3.8) is 0 Å². The number of nitrogens with one attached hydrogen (secondary N) is 1. The van der Waals surface area contributed by atoms with E-state index in [1.165, 1.54) is 19.3 Å². The molecule has 0 aromatic carbocycles. The van der Waals surface area contributed by atoms with Gasteiger partial charge in [0.1, 0.15) is 0 Å². The zero-order chi connectivity index (χ0) is 17.1. The lowest BCUT2D eigenvalue weighted by Crippen LogP contribution is -2.49. The number of methoxy groups -OCH3 is 1. The van der Waals surface area contributed by atoms with Crippen molar-refractivity contribution in [2.24, 2.45) is 5.84 Å². The molecule has 0 unspecified atom stereocenters. The second-order valence-electron chi connectivity index (χ2n) is 6.77. The standard InChI is InChI=1S/C11H23N3O.C5H10O.C2H6/c12-14-7-5-10(6-8-14)13-9-1-3-11(15)4-2-9;1-6-5-3-2-4-5;1-2/h9-11,13,15H,1-8,12H2;5H,2-4H2,1H3;1-2H3. The predicted molar refractivity (Wildman–Crippen MR) is 96.2 cm³/mol. The Morgan fingerprint density at radius 1 is 0.913 bits per heavy atom. The minimum absolute atomic E-state index is 0.0473. The fraction of sp³-hybridized carbons (Fsp3) is 1.00. The highest BCUT2D eigenvalue weighted by Crippen LogP contribution is 2.21. The maximum Gasteiger partial charge on any atom is 0.0571 e. The van der Waals surface area contributed by atoms with E-state index in [9.17, 15) is 5.11 Å². The molecule has 1 heterocycles.